The van der Waals surface area contributed by atoms with E-state index in [1.54, 1.807) is 0 Å². The van der Waals surface area contributed by atoms with E-state index in [-0.39, 0.29) is 6.03 Å². The van der Waals surface area contributed by atoms with Gasteiger partial charge in [0.1, 0.15) is 0 Å². The van der Waals surface area contributed by atoms with Crippen molar-refractivity contribution in [2.24, 2.45) is 0 Å². The van der Waals surface area contributed by atoms with Crippen molar-refractivity contribution in [2.75, 3.05) is 24.5 Å². The van der Waals surface area contributed by atoms with Crippen LogP contribution in [0.15, 0.2) is 54.6 Å². The molecule has 0 bridgehead atoms. The fourth-order valence-corrected chi connectivity index (χ4v) is 3.01. The van der Waals surface area contributed by atoms with Crippen LogP contribution >= 0.6 is 0 Å². The number of rotatable bonds is 6. The second kappa shape index (κ2) is 8.39. The standard InChI is InChI=1S/C20H25N3O/c24-20(22-16-18-6-2-1-3-7-18)21-13-12-17-8-10-19(11-9-17)23-14-4-5-15-23/h1-3,6-11H,4-5,12-16H2,(H2,21,22,24). The number of nitrogens with zero attached hydrogens (tertiary/aromatic N) is 1. The normalized spacial score (nSPS) is 13.8. The summed E-state index contributed by atoms with van der Waals surface area (Å²) in [5.41, 5.74) is 3.66. The van der Waals surface area contributed by atoms with Crippen LogP contribution in [0.3, 0.4) is 0 Å². The first-order chi connectivity index (χ1) is 11.8. The van der Waals surface area contributed by atoms with Crippen LogP contribution < -0.4 is 15.5 Å². The topological polar surface area (TPSA) is 44.4 Å². The van der Waals surface area contributed by atoms with Crippen molar-refractivity contribution >= 4 is 11.7 Å². The van der Waals surface area contributed by atoms with Gasteiger partial charge >= 0.3 is 6.03 Å². The molecule has 1 aliphatic heterocycles. The van der Waals surface area contributed by atoms with Crippen molar-refractivity contribution in [1.82, 2.24) is 10.6 Å². The fraction of sp³-hybridized carbons (Fsp3) is 0.350. The Balaban J connectivity index is 1.37. The van der Waals surface area contributed by atoms with Crippen molar-refractivity contribution < 1.29 is 4.79 Å². The van der Waals surface area contributed by atoms with Crippen molar-refractivity contribution in [2.45, 2.75) is 25.8 Å². The number of anilines is 1. The molecule has 2 aromatic carbocycles. The van der Waals surface area contributed by atoms with E-state index in [2.05, 4.69) is 39.8 Å². The number of carbonyl (C=O) groups is 1. The molecule has 0 radical (unpaired) electrons. The molecule has 0 aliphatic carbocycles. The summed E-state index contributed by atoms with van der Waals surface area (Å²) < 4.78 is 0. The number of hydrogen-bond acceptors (Lipinski definition) is 2. The smallest absolute Gasteiger partial charge is 0.315 e. The molecule has 2 amide bonds. The third-order valence-electron chi connectivity index (χ3n) is 4.40. The maximum Gasteiger partial charge on any atom is 0.315 e. The Morgan fingerprint density at radius 1 is 0.875 bits per heavy atom. The highest BCUT2D eigenvalue weighted by Crippen LogP contribution is 2.20. The summed E-state index contributed by atoms with van der Waals surface area (Å²) >= 11 is 0. The van der Waals surface area contributed by atoms with E-state index in [1.807, 2.05) is 30.3 Å². The van der Waals surface area contributed by atoms with Gasteiger partial charge < -0.3 is 15.5 Å². The summed E-state index contributed by atoms with van der Waals surface area (Å²) in [4.78, 5) is 14.2. The maximum absolute atomic E-state index is 11.8. The highest BCUT2D eigenvalue weighted by molar-refractivity contribution is 5.73. The molecular weight excluding hydrogens is 298 g/mol. The molecule has 3 rings (SSSR count). The summed E-state index contributed by atoms with van der Waals surface area (Å²) in [5.74, 6) is 0. The fourth-order valence-electron chi connectivity index (χ4n) is 3.01. The Labute approximate surface area is 143 Å². The zero-order chi connectivity index (χ0) is 16.6. The summed E-state index contributed by atoms with van der Waals surface area (Å²) in [5, 5.41) is 5.79. The first-order valence-corrected chi connectivity index (χ1v) is 8.71. The third kappa shape index (κ3) is 4.75. The minimum Gasteiger partial charge on any atom is -0.372 e. The number of carbonyl (C=O) groups excluding carboxylic acids is 1. The number of urea groups is 1. The zero-order valence-electron chi connectivity index (χ0n) is 14.0. The van der Waals surface area contributed by atoms with Crippen LogP contribution in [-0.2, 0) is 13.0 Å². The van der Waals surface area contributed by atoms with Gasteiger partial charge in [-0.25, -0.2) is 4.79 Å². The van der Waals surface area contributed by atoms with Crippen molar-refractivity contribution in [1.29, 1.82) is 0 Å². The average molecular weight is 323 g/mol. The second-order valence-corrected chi connectivity index (χ2v) is 6.21. The van der Waals surface area contributed by atoms with E-state index >= 15 is 0 Å². The van der Waals surface area contributed by atoms with Crippen LogP contribution in [0, 0.1) is 0 Å². The van der Waals surface area contributed by atoms with Gasteiger partial charge in [-0.2, -0.15) is 0 Å². The number of hydrogen-bond donors (Lipinski definition) is 2. The number of nitrogens with one attached hydrogen (secondary N) is 2. The Morgan fingerprint density at radius 2 is 1.58 bits per heavy atom. The quantitative estimate of drug-likeness (QED) is 0.856. The van der Waals surface area contributed by atoms with Crippen LogP contribution in [0.25, 0.3) is 0 Å². The Morgan fingerprint density at radius 3 is 2.29 bits per heavy atom. The molecule has 0 aromatic heterocycles. The number of amides is 2. The van der Waals surface area contributed by atoms with Crippen LogP contribution in [0.5, 0.6) is 0 Å². The lowest BCUT2D eigenvalue weighted by Gasteiger charge is -2.17. The molecule has 2 aromatic rings. The van der Waals surface area contributed by atoms with Gasteiger partial charge in [0.05, 0.1) is 0 Å². The van der Waals surface area contributed by atoms with E-state index in [4.69, 9.17) is 0 Å². The van der Waals surface area contributed by atoms with Gasteiger partial charge in [-0.1, -0.05) is 42.5 Å². The average Bonchev–Trinajstić information content (AvgIpc) is 3.16. The van der Waals surface area contributed by atoms with Gasteiger partial charge in [-0.05, 0) is 42.5 Å². The van der Waals surface area contributed by atoms with Gasteiger partial charge in [0.25, 0.3) is 0 Å². The summed E-state index contributed by atoms with van der Waals surface area (Å²) in [6, 6.07) is 18.5. The van der Waals surface area contributed by atoms with Gasteiger partial charge in [-0.3, -0.25) is 0 Å². The lowest BCUT2D eigenvalue weighted by atomic mass is 10.1. The molecule has 1 heterocycles. The van der Waals surface area contributed by atoms with Gasteiger partial charge in [0.15, 0.2) is 0 Å². The molecule has 0 saturated carbocycles. The molecule has 4 nitrogen and oxygen atoms in total. The van der Waals surface area contributed by atoms with E-state index in [1.165, 1.54) is 37.2 Å². The molecule has 1 aliphatic rings. The summed E-state index contributed by atoms with van der Waals surface area (Å²) in [6.07, 6.45) is 3.44. The van der Waals surface area contributed by atoms with Gasteiger partial charge in [0.2, 0.25) is 0 Å². The minimum absolute atomic E-state index is 0.118. The molecule has 2 N–H and O–H groups in total. The third-order valence-corrected chi connectivity index (χ3v) is 4.40. The Hall–Kier alpha value is -2.49. The number of benzene rings is 2. The van der Waals surface area contributed by atoms with Gasteiger partial charge in [0, 0.05) is 31.9 Å². The zero-order valence-corrected chi connectivity index (χ0v) is 14.0. The first kappa shape index (κ1) is 16.4. The molecule has 0 spiro atoms. The highest BCUT2D eigenvalue weighted by atomic mass is 16.2. The molecular formula is C20H25N3O. The van der Waals surface area contributed by atoms with Crippen LogP contribution in [-0.4, -0.2) is 25.7 Å². The Bertz CT molecular complexity index is 634. The molecule has 0 atom stereocenters. The maximum atomic E-state index is 11.8. The summed E-state index contributed by atoms with van der Waals surface area (Å²) in [6.45, 7) is 3.53. The van der Waals surface area contributed by atoms with Crippen LogP contribution in [0.2, 0.25) is 0 Å². The van der Waals surface area contributed by atoms with Crippen LogP contribution in [0.1, 0.15) is 24.0 Å². The lowest BCUT2D eigenvalue weighted by molar-refractivity contribution is 0.240. The van der Waals surface area contributed by atoms with Gasteiger partial charge in [-0.15, -0.1) is 0 Å². The summed E-state index contributed by atoms with van der Waals surface area (Å²) in [7, 11) is 0. The van der Waals surface area contributed by atoms with E-state index in [0.29, 0.717) is 13.1 Å². The second-order valence-electron chi connectivity index (χ2n) is 6.21. The lowest BCUT2D eigenvalue weighted by Crippen LogP contribution is -2.36. The molecule has 0 unspecified atom stereocenters. The predicted molar refractivity (Wildman–Crippen MR) is 98.3 cm³/mol. The van der Waals surface area contributed by atoms with Crippen LogP contribution in [0.4, 0.5) is 10.5 Å². The minimum atomic E-state index is -0.118. The van der Waals surface area contributed by atoms with Crippen molar-refractivity contribution in [3.63, 3.8) is 0 Å². The van der Waals surface area contributed by atoms with E-state index in [9.17, 15) is 4.79 Å². The van der Waals surface area contributed by atoms with Crippen molar-refractivity contribution in [3.8, 4) is 0 Å². The molecule has 4 heteroatoms. The SMILES string of the molecule is O=C(NCCc1ccc(N2CCCC2)cc1)NCc1ccccc1. The molecule has 1 saturated heterocycles. The molecule has 1 fully saturated rings. The monoisotopic (exact) mass is 323 g/mol. The first-order valence-electron chi connectivity index (χ1n) is 8.71. The predicted octanol–water partition coefficient (Wildman–Crippen LogP) is 3.33. The Kier molecular flexibility index (Phi) is 5.72. The molecule has 24 heavy (non-hydrogen) atoms. The largest absolute Gasteiger partial charge is 0.372 e. The van der Waals surface area contributed by atoms with E-state index < -0.39 is 0 Å². The van der Waals surface area contributed by atoms with E-state index in [0.717, 1.165) is 12.0 Å². The van der Waals surface area contributed by atoms with Crippen molar-refractivity contribution in [3.05, 3.63) is 65.7 Å². The highest BCUT2D eigenvalue weighted by Gasteiger charge is 2.11. The molecule has 126 valence electrons.